The molecular weight excluding hydrogens is 334 g/mol. The van der Waals surface area contributed by atoms with Crippen molar-refractivity contribution in [3.63, 3.8) is 0 Å². The highest BCUT2D eigenvalue weighted by Crippen LogP contribution is 2.23. The second kappa shape index (κ2) is 7.10. The Kier molecular flexibility index (Phi) is 5.15. The predicted octanol–water partition coefficient (Wildman–Crippen LogP) is 3.20. The van der Waals surface area contributed by atoms with Crippen LogP contribution in [0.1, 0.15) is 20.7 Å². The summed E-state index contributed by atoms with van der Waals surface area (Å²) in [5, 5.41) is 13.3. The number of carbonyl (C=O) groups excluding carboxylic acids is 2. The summed E-state index contributed by atoms with van der Waals surface area (Å²) < 4.78 is 0. The molecule has 0 radical (unpaired) electrons. The molecule has 7 nitrogen and oxygen atoms in total. The van der Waals surface area contributed by atoms with Gasteiger partial charge in [0.25, 0.3) is 17.5 Å². The number of nitrogens with one attached hydrogen (secondary N) is 1. The first kappa shape index (κ1) is 17.4. The Bertz CT molecular complexity index is 803. The monoisotopic (exact) mass is 347 g/mol. The van der Waals surface area contributed by atoms with Gasteiger partial charge in [0.1, 0.15) is 0 Å². The van der Waals surface area contributed by atoms with Gasteiger partial charge in [-0.05, 0) is 30.3 Å². The van der Waals surface area contributed by atoms with Gasteiger partial charge in [-0.15, -0.1) is 0 Å². The maximum absolute atomic E-state index is 12.2. The Labute approximate surface area is 143 Å². The molecule has 2 amide bonds. The standard InChI is InChI=1S/C16H14ClN3O4/c1-19(2)16(22)10-3-5-11(6-4-10)18-15(21)13-8-7-12(20(23)24)9-14(13)17/h3-9H,1-2H3,(H,18,21). The average Bonchev–Trinajstić information content (AvgIpc) is 2.54. The Morgan fingerprint density at radius 3 is 2.25 bits per heavy atom. The van der Waals surface area contributed by atoms with Crippen molar-refractivity contribution >= 4 is 34.8 Å². The summed E-state index contributed by atoms with van der Waals surface area (Å²) in [5.41, 5.74) is 0.898. The lowest BCUT2D eigenvalue weighted by Crippen LogP contribution is -2.21. The molecule has 0 atom stereocenters. The molecule has 124 valence electrons. The number of nitrogens with zero attached hydrogens (tertiary/aromatic N) is 2. The van der Waals surface area contributed by atoms with Gasteiger partial charge in [0.05, 0.1) is 15.5 Å². The number of hydrogen-bond donors (Lipinski definition) is 1. The van der Waals surface area contributed by atoms with Gasteiger partial charge in [-0.1, -0.05) is 11.6 Å². The van der Waals surface area contributed by atoms with Crippen LogP contribution < -0.4 is 5.32 Å². The van der Waals surface area contributed by atoms with Crippen LogP contribution in [0.25, 0.3) is 0 Å². The summed E-state index contributed by atoms with van der Waals surface area (Å²) in [7, 11) is 3.29. The quantitative estimate of drug-likeness (QED) is 0.679. The molecule has 2 aromatic carbocycles. The highest BCUT2D eigenvalue weighted by Gasteiger charge is 2.15. The van der Waals surface area contributed by atoms with E-state index in [1.54, 1.807) is 38.4 Å². The van der Waals surface area contributed by atoms with Crippen molar-refractivity contribution < 1.29 is 14.5 Å². The predicted molar refractivity (Wildman–Crippen MR) is 90.5 cm³/mol. The van der Waals surface area contributed by atoms with Crippen molar-refractivity contribution in [3.8, 4) is 0 Å². The summed E-state index contributed by atoms with van der Waals surface area (Å²) in [6.07, 6.45) is 0. The summed E-state index contributed by atoms with van der Waals surface area (Å²) >= 11 is 5.92. The minimum absolute atomic E-state index is 0.0129. The Morgan fingerprint density at radius 2 is 1.75 bits per heavy atom. The van der Waals surface area contributed by atoms with Crippen molar-refractivity contribution in [2.24, 2.45) is 0 Å². The van der Waals surface area contributed by atoms with Crippen molar-refractivity contribution in [2.45, 2.75) is 0 Å². The van der Waals surface area contributed by atoms with Crippen LogP contribution in [-0.4, -0.2) is 35.7 Å². The highest BCUT2D eigenvalue weighted by molar-refractivity contribution is 6.34. The van der Waals surface area contributed by atoms with Crippen LogP contribution >= 0.6 is 11.6 Å². The van der Waals surface area contributed by atoms with Crippen molar-refractivity contribution in [1.82, 2.24) is 4.90 Å². The fourth-order valence-corrected chi connectivity index (χ4v) is 2.22. The molecule has 0 aromatic heterocycles. The summed E-state index contributed by atoms with van der Waals surface area (Å²) in [6.45, 7) is 0. The minimum Gasteiger partial charge on any atom is -0.345 e. The molecule has 2 aromatic rings. The third-order valence-electron chi connectivity index (χ3n) is 3.20. The molecule has 24 heavy (non-hydrogen) atoms. The molecular formula is C16H14ClN3O4. The SMILES string of the molecule is CN(C)C(=O)c1ccc(NC(=O)c2ccc([N+](=O)[O-])cc2Cl)cc1. The number of hydrogen-bond acceptors (Lipinski definition) is 4. The van der Waals surface area contributed by atoms with E-state index in [1.807, 2.05) is 0 Å². The van der Waals surface area contributed by atoms with Gasteiger partial charge in [0, 0.05) is 37.5 Å². The molecule has 0 unspecified atom stereocenters. The number of non-ortho nitro benzene ring substituents is 1. The van der Waals surface area contributed by atoms with E-state index < -0.39 is 10.8 Å². The summed E-state index contributed by atoms with van der Waals surface area (Å²) in [5.74, 6) is -0.645. The van der Waals surface area contributed by atoms with Crippen molar-refractivity contribution in [3.05, 3.63) is 68.7 Å². The first-order valence-corrected chi connectivity index (χ1v) is 7.24. The van der Waals surface area contributed by atoms with Gasteiger partial charge in [-0.25, -0.2) is 0 Å². The van der Waals surface area contributed by atoms with Gasteiger partial charge in [-0.3, -0.25) is 19.7 Å². The first-order valence-electron chi connectivity index (χ1n) is 6.86. The zero-order chi connectivity index (χ0) is 17.9. The van der Waals surface area contributed by atoms with Gasteiger partial charge in [-0.2, -0.15) is 0 Å². The van der Waals surface area contributed by atoms with E-state index in [0.29, 0.717) is 11.3 Å². The van der Waals surface area contributed by atoms with Crippen LogP contribution in [0.5, 0.6) is 0 Å². The third kappa shape index (κ3) is 3.88. The molecule has 0 aliphatic carbocycles. The number of nitro benzene ring substituents is 1. The number of carbonyl (C=O) groups is 2. The van der Waals surface area contributed by atoms with E-state index in [-0.39, 0.29) is 22.2 Å². The molecule has 1 N–H and O–H groups in total. The average molecular weight is 348 g/mol. The topological polar surface area (TPSA) is 92.6 Å². The smallest absolute Gasteiger partial charge is 0.270 e. The third-order valence-corrected chi connectivity index (χ3v) is 3.52. The van der Waals surface area contributed by atoms with Crippen LogP contribution in [0.15, 0.2) is 42.5 Å². The molecule has 0 saturated carbocycles. The molecule has 0 aliphatic heterocycles. The largest absolute Gasteiger partial charge is 0.345 e. The molecule has 0 heterocycles. The van der Waals surface area contributed by atoms with Crippen LogP contribution in [0, 0.1) is 10.1 Å². The Hall–Kier alpha value is -2.93. The molecule has 0 bridgehead atoms. The lowest BCUT2D eigenvalue weighted by Gasteiger charge is -2.11. The fraction of sp³-hybridized carbons (Fsp3) is 0.125. The van der Waals surface area contributed by atoms with E-state index in [1.165, 1.54) is 17.0 Å². The fourth-order valence-electron chi connectivity index (χ4n) is 1.95. The molecule has 0 aliphatic rings. The van der Waals surface area contributed by atoms with Crippen LogP contribution in [0.4, 0.5) is 11.4 Å². The zero-order valence-corrected chi connectivity index (χ0v) is 13.7. The Balaban J connectivity index is 2.15. The highest BCUT2D eigenvalue weighted by atomic mass is 35.5. The van der Waals surface area contributed by atoms with E-state index >= 15 is 0 Å². The minimum atomic E-state index is -0.589. The van der Waals surface area contributed by atoms with Crippen LogP contribution in [0.2, 0.25) is 5.02 Å². The molecule has 0 spiro atoms. The number of halogens is 1. The van der Waals surface area contributed by atoms with E-state index in [0.717, 1.165) is 6.07 Å². The van der Waals surface area contributed by atoms with E-state index in [9.17, 15) is 19.7 Å². The van der Waals surface area contributed by atoms with Gasteiger partial charge in [0.15, 0.2) is 0 Å². The van der Waals surface area contributed by atoms with Crippen molar-refractivity contribution in [2.75, 3.05) is 19.4 Å². The summed E-state index contributed by atoms with van der Waals surface area (Å²) in [4.78, 5) is 35.5. The maximum Gasteiger partial charge on any atom is 0.270 e. The Morgan fingerprint density at radius 1 is 1.12 bits per heavy atom. The number of amides is 2. The lowest BCUT2D eigenvalue weighted by atomic mass is 10.1. The zero-order valence-electron chi connectivity index (χ0n) is 12.9. The van der Waals surface area contributed by atoms with Crippen LogP contribution in [-0.2, 0) is 0 Å². The molecule has 0 saturated heterocycles. The number of rotatable bonds is 4. The van der Waals surface area contributed by atoms with Gasteiger partial charge >= 0.3 is 0 Å². The van der Waals surface area contributed by atoms with E-state index in [4.69, 9.17) is 11.6 Å². The molecule has 0 fully saturated rings. The number of benzene rings is 2. The maximum atomic E-state index is 12.2. The van der Waals surface area contributed by atoms with Crippen molar-refractivity contribution in [1.29, 1.82) is 0 Å². The van der Waals surface area contributed by atoms with Gasteiger partial charge < -0.3 is 10.2 Å². The lowest BCUT2D eigenvalue weighted by molar-refractivity contribution is -0.384. The van der Waals surface area contributed by atoms with Gasteiger partial charge in [0.2, 0.25) is 0 Å². The molecule has 8 heteroatoms. The second-order valence-electron chi connectivity index (χ2n) is 5.15. The summed E-state index contributed by atoms with van der Waals surface area (Å²) in [6, 6.07) is 9.99. The number of nitro groups is 1. The molecule has 2 rings (SSSR count). The number of anilines is 1. The normalized spacial score (nSPS) is 10.1. The first-order chi connectivity index (χ1) is 11.3. The van der Waals surface area contributed by atoms with Crippen LogP contribution in [0.3, 0.4) is 0 Å². The second-order valence-corrected chi connectivity index (χ2v) is 5.56. The van der Waals surface area contributed by atoms with E-state index in [2.05, 4.69) is 5.32 Å².